The van der Waals surface area contributed by atoms with E-state index in [4.69, 9.17) is 23.0 Å². The molecule has 37 heavy (non-hydrogen) atoms. The molecule has 0 radical (unpaired) electrons. The first kappa shape index (κ1) is 23.9. The zero-order chi connectivity index (χ0) is 25.6. The van der Waals surface area contributed by atoms with Crippen LogP contribution in [0.25, 0.3) is 11.7 Å². The Labute approximate surface area is 213 Å². The Morgan fingerprint density at radius 1 is 0.973 bits per heavy atom. The van der Waals surface area contributed by atoms with Crippen LogP contribution in [-0.4, -0.2) is 28.2 Å². The summed E-state index contributed by atoms with van der Waals surface area (Å²) < 4.78 is 30.1. The normalized spacial score (nSPS) is 10.9. The maximum atomic E-state index is 11.6. The van der Waals surface area contributed by atoms with Gasteiger partial charge in [0.25, 0.3) is 5.89 Å². The number of methoxy groups -OCH3 is 1. The Bertz CT molecular complexity index is 1470. The van der Waals surface area contributed by atoms with Gasteiger partial charge < -0.3 is 23.0 Å². The van der Waals surface area contributed by atoms with Crippen molar-refractivity contribution >= 4 is 6.29 Å². The third-order valence-electron chi connectivity index (χ3n) is 5.66. The maximum absolute atomic E-state index is 11.6. The second kappa shape index (κ2) is 10.9. The minimum atomic E-state index is 0.176. The van der Waals surface area contributed by atoms with Crippen LogP contribution in [0.3, 0.4) is 0 Å². The standard InChI is InChI=1S/C28H25N3O6/c1-19-23(29-28(37-19)25-9-6-12-34-25)18-35-26-13-21(10-11-24(26)33-2)17-36-27-22(16-32)15-31(30-27)14-20-7-4-3-5-8-20/h3-13,15-16H,14,17-18H2,1-2H3. The topological polar surface area (TPSA) is 102 Å². The van der Waals surface area contributed by atoms with E-state index < -0.39 is 0 Å². The Morgan fingerprint density at radius 2 is 1.84 bits per heavy atom. The van der Waals surface area contributed by atoms with Crippen LogP contribution in [0.5, 0.6) is 17.4 Å². The molecule has 5 rings (SSSR count). The fraction of sp³-hybridized carbons (Fsp3) is 0.179. The molecule has 0 aliphatic rings. The number of ether oxygens (including phenoxy) is 3. The molecule has 0 saturated heterocycles. The zero-order valence-electron chi connectivity index (χ0n) is 20.4. The largest absolute Gasteiger partial charge is 0.493 e. The van der Waals surface area contributed by atoms with Crippen LogP contribution in [0.2, 0.25) is 0 Å². The lowest BCUT2D eigenvalue weighted by Crippen LogP contribution is -2.03. The third kappa shape index (κ3) is 5.56. The predicted molar refractivity (Wildman–Crippen MR) is 134 cm³/mol. The summed E-state index contributed by atoms with van der Waals surface area (Å²) in [4.78, 5) is 16.1. The van der Waals surface area contributed by atoms with Gasteiger partial charge in [-0.2, -0.15) is 0 Å². The number of aldehydes is 1. The number of hydrogen-bond acceptors (Lipinski definition) is 8. The first-order valence-corrected chi connectivity index (χ1v) is 11.6. The van der Waals surface area contributed by atoms with Crippen LogP contribution < -0.4 is 14.2 Å². The molecule has 9 nitrogen and oxygen atoms in total. The molecule has 3 aromatic heterocycles. The summed E-state index contributed by atoms with van der Waals surface area (Å²) in [5.41, 5.74) is 2.92. The fourth-order valence-electron chi connectivity index (χ4n) is 3.75. The Kier molecular flexibility index (Phi) is 7.02. The van der Waals surface area contributed by atoms with Gasteiger partial charge in [-0.25, -0.2) is 4.98 Å². The molecular formula is C28H25N3O6. The van der Waals surface area contributed by atoms with Crippen LogP contribution in [0.15, 0.2) is 82.0 Å². The van der Waals surface area contributed by atoms with Crippen molar-refractivity contribution in [2.24, 2.45) is 0 Å². The lowest BCUT2D eigenvalue weighted by Gasteiger charge is -2.12. The molecule has 0 unspecified atom stereocenters. The molecule has 2 aromatic carbocycles. The lowest BCUT2D eigenvalue weighted by atomic mass is 10.2. The van der Waals surface area contributed by atoms with Gasteiger partial charge >= 0.3 is 0 Å². The van der Waals surface area contributed by atoms with Gasteiger partial charge in [0.2, 0.25) is 5.88 Å². The molecule has 3 heterocycles. The van der Waals surface area contributed by atoms with Gasteiger partial charge in [-0.1, -0.05) is 36.4 Å². The number of oxazole rings is 1. The van der Waals surface area contributed by atoms with Crippen LogP contribution in [0.4, 0.5) is 0 Å². The van der Waals surface area contributed by atoms with E-state index >= 15 is 0 Å². The van der Waals surface area contributed by atoms with Crippen molar-refractivity contribution in [2.75, 3.05) is 7.11 Å². The highest BCUT2D eigenvalue weighted by atomic mass is 16.5. The third-order valence-corrected chi connectivity index (χ3v) is 5.66. The van der Waals surface area contributed by atoms with Gasteiger partial charge in [0.1, 0.15) is 24.7 Å². The summed E-state index contributed by atoms with van der Waals surface area (Å²) in [5.74, 6) is 2.94. The SMILES string of the molecule is COc1ccc(COc2nn(Cc3ccccc3)cc2C=O)cc1OCc1nc(-c2ccco2)oc1C. The number of nitrogens with zero attached hydrogens (tertiary/aromatic N) is 3. The number of rotatable bonds is 11. The quantitative estimate of drug-likeness (QED) is 0.221. The molecule has 0 bridgehead atoms. The minimum Gasteiger partial charge on any atom is -0.493 e. The molecule has 0 fully saturated rings. The predicted octanol–water partition coefficient (Wildman–Crippen LogP) is 5.47. The van der Waals surface area contributed by atoms with Crippen molar-refractivity contribution in [1.82, 2.24) is 14.8 Å². The molecule has 5 aromatic rings. The van der Waals surface area contributed by atoms with Gasteiger partial charge in [-0.15, -0.1) is 5.10 Å². The first-order valence-electron chi connectivity index (χ1n) is 11.6. The van der Waals surface area contributed by atoms with Crippen molar-refractivity contribution in [1.29, 1.82) is 0 Å². The van der Waals surface area contributed by atoms with Gasteiger partial charge in [0.05, 0.1) is 25.5 Å². The smallest absolute Gasteiger partial charge is 0.263 e. The summed E-state index contributed by atoms with van der Waals surface area (Å²) in [6.45, 7) is 2.72. The Morgan fingerprint density at radius 3 is 2.59 bits per heavy atom. The summed E-state index contributed by atoms with van der Waals surface area (Å²) in [6.07, 6.45) is 3.98. The molecule has 0 amide bonds. The number of carbonyl (C=O) groups excluding carboxylic acids is 1. The average molecular weight is 500 g/mol. The molecule has 9 heteroatoms. The highest BCUT2D eigenvalue weighted by Gasteiger charge is 2.16. The number of benzene rings is 2. The number of hydrogen-bond donors (Lipinski definition) is 0. The van der Waals surface area contributed by atoms with E-state index in [1.807, 2.05) is 49.4 Å². The molecule has 0 atom stereocenters. The van der Waals surface area contributed by atoms with Crippen molar-refractivity contribution < 1.29 is 27.8 Å². The van der Waals surface area contributed by atoms with E-state index in [2.05, 4.69) is 10.1 Å². The van der Waals surface area contributed by atoms with Crippen LogP contribution in [-0.2, 0) is 19.8 Å². The number of carbonyl (C=O) groups is 1. The van der Waals surface area contributed by atoms with E-state index in [1.165, 1.54) is 0 Å². The molecule has 0 aliphatic heterocycles. The molecule has 0 aliphatic carbocycles. The molecule has 0 N–H and O–H groups in total. The van der Waals surface area contributed by atoms with Crippen molar-refractivity contribution in [2.45, 2.75) is 26.7 Å². The zero-order valence-corrected chi connectivity index (χ0v) is 20.4. The fourth-order valence-corrected chi connectivity index (χ4v) is 3.75. The summed E-state index contributed by atoms with van der Waals surface area (Å²) >= 11 is 0. The molecule has 0 saturated carbocycles. The van der Waals surface area contributed by atoms with E-state index in [-0.39, 0.29) is 19.1 Å². The van der Waals surface area contributed by atoms with Crippen LogP contribution in [0.1, 0.15) is 32.9 Å². The van der Waals surface area contributed by atoms with Gasteiger partial charge in [0, 0.05) is 6.20 Å². The molecule has 188 valence electrons. The van der Waals surface area contributed by atoms with E-state index in [9.17, 15) is 4.79 Å². The number of aryl methyl sites for hydroxylation is 1. The monoisotopic (exact) mass is 499 g/mol. The van der Waals surface area contributed by atoms with E-state index in [0.29, 0.717) is 46.7 Å². The average Bonchev–Trinajstić information content (AvgIpc) is 3.67. The van der Waals surface area contributed by atoms with Crippen molar-refractivity contribution in [3.05, 3.63) is 101 Å². The second-order valence-corrected chi connectivity index (χ2v) is 8.25. The highest BCUT2D eigenvalue weighted by molar-refractivity contribution is 5.77. The van der Waals surface area contributed by atoms with Crippen LogP contribution in [0, 0.1) is 6.92 Å². The van der Waals surface area contributed by atoms with Crippen molar-refractivity contribution in [3.63, 3.8) is 0 Å². The van der Waals surface area contributed by atoms with E-state index in [1.54, 1.807) is 42.5 Å². The maximum Gasteiger partial charge on any atom is 0.263 e. The number of furan rings is 1. The van der Waals surface area contributed by atoms with Crippen molar-refractivity contribution in [3.8, 4) is 29.0 Å². The lowest BCUT2D eigenvalue weighted by molar-refractivity contribution is 0.111. The summed E-state index contributed by atoms with van der Waals surface area (Å²) in [7, 11) is 1.57. The van der Waals surface area contributed by atoms with E-state index in [0.717, 1.165) is 17.4 Å². The molecular weight excluding hydrogens is 474 g/mol. The number of aromatic nitrogens is 3. The van der Waals surface area contributed by atoms with Crippen LogP contribution >= 0.6 is 0 Å². The highest BCUT2D eigenvalue weighted by Crippen LogP contribution is 2.30. The first-order chi connectivity index (χ1) is 18.1. The Hall–Kier alpha value is -4.79. The minimum absolute atomic E-state index is 0.176. The Balaban J connectivity index is 1.27. The van der Waals surface area contributed by atoms with Gasteiger partial charge in [-0.05, 0) is 42.3 Å². The summed E-state index contributed by atoms with van der Waals surface area (Å²) in [6, 6.07) is 18.9. The van der Waals surface area contributed by atoms with Gasteiger partial charge in [0.15, 0.2) is 23.5 Å². The second-order valence-electron chi connectivity index (χ2n) is 8.25. The molecule has 0 spiro atoms. The van der Waals surface area contributed by atoms with Gasteiger partial charge in [-0.3, -0.25) is 9.48 Å². The summed E-state index contributed by atoms with van der Waals surface area (Å²) in [5, 5.41) is 4.44.